The van der Waals surface area contributed by atoms with Crippen molar-refractivity contribution in [2.75, 3.05) is 46.1 Å². The summed E-state index contributed by atoms with van der Waals surface area (Å²) in [6.45, 7) is 9.26. The van der Waals surface area contributed by atoms with E-state index < -0.39 is 0 Å². The van der Waals surface area contributed by atoms with Crippen LogP contribution in [0.25, 0.3) is 11.0 Å². The van der Waals surface area contributed by atoms with Crippen molar-refractivity contribution in [1.29, 1.82) is 0 Å². The van der Waals surface area contributed by atoms with Gasteiger partial charge in [-0.25, -0.2) is 4.79 Å². The highest BCUT2D eigenvalue weighted by atomic mass is 35.5. The fraction of sp³-hybridized carbons (Fsp3) is 0.526. The third-order valence-corrected chi connectivity index (χ3v) is 5.66. The van der Waals surface area contributed by atoms with Crippen molar-refractivity contribution in [2.45, 2.75) is 19.9 Å². The zero-order chi connectivity index (χ0) is 18.1. The van der Waals surface area contributed by atoms with Crippen molar-refractivity contribution in [3.63, 3.8) is 0 Å². The van der Waals surface area contributed by atoms with Gasteiger partial charge in [0.1, 0.15) is 32.7 Å². The minimum atomic E-state index is -0.316. The van der Waals surface area contributed by atoms with Crippen LogP contribution in [0, 0.1) is 0 Å². The predicted molar refractivity (Wildman–Crippen MR) is 98.3 cm³/mol. The molecule has 1 aromatic carbocycles. The third-order valence-electron chi connectivity index (χ3n) is 5.38. The Morgan fingerprint density at radius 2 is 1.92 bits per heavy atom. The van der Waals surface area contributed by atoms with E-state index in [2.05, 4.69) is 0 Å². The maximum Gasteiger partial charge on any atom is 0.336 e. The quantitative estimate of drug-likeness (QED) is 0.712. The first-order valence-electron chi connectivity index (χ1n) is 9.31. The molecule has 140 valence electrons. The number of hydrogen-bond donors (Lipinski definition) is 2. The Bertz CT molecular complexity index is 861. The normalized spacial score (nSPS) is 20.8. The van der Waals surface area contributed by atoms with Gasteiger partial charge in [0.25, 0.3) is 0 Å². The molecule has 0 spiro atoms. The second-order valence-electron chi connectivity index (χ2n) is 7.06. The highest BCUT2D eigenvalue weighted by Gasteiger charge is 2.28. The van der Waals surface area contributed by atoms with Crippen LogP contribution in [0.1, 0.15) is 18.1 Å². The molecule has 6 nitrogen and oxygen atoms in total. The second kappa shape index (κ2) is 7.56. The predicted octanol–water partition coefficient (Wildman–Crippen LogP) is -0.341. The average Bonchev–Trinajstić information content (AvgIpc) is 2.67. The molecule has 2 aliphatic heterocycles. The van der Waals surface area contributed by atoms with Crippen LogP contribution in [0.4, 0.5) is 0 Å². The van der Waals surface area contributed by atoms with E-state index in [1.54, 1.807) is 11.0 Å². The number of fused-ring (bicyclic) bond motifs is 3. The summed E-state index contributed by atoms with van der Waals surface area (Å²) in [4.78, 5) is 14.9. The average molecular weight is 381 g/mol. The molecule has 1 fully saturated rings. The van der Waals surface area contributed by atoms with Crippen molar-refractivity contribution < 1.29 is 23.7 Å². The zero-order valence-electron chi connectivity index (χ0n) is 15.0. The number of ether oxygens (including phenoxy) is 2. The number of quaternary nitrogens is 2. The monoisotopic (exact) mass is 380 g/mol. The van der Waals surface area contributed by atoms with Crippen LogP contribution in [0.3, 0.4) is 0 Å². The third kappa shape index (κ3) is 3.47. The standard InChI is InChI=1S/C19H23ClN2O4/c1-2-13-9-17(23)26-18-14(13)10-16(20)19-15(18)11-22(12-25-19)4-3-21-5-7-24-8-6-21/h9-10H,2-8,11-12H2,1H3/p+2. The minimum absolute atomic E-state index is 0.316. The van der Waals surface area contributed by atoms with E-state index in [1.807, 2.05) is 13.0 Å². The van der Waals surface area contributed by atoms with Crippen LogP contribution in [0.2, 0.25) is 5.02 Å². The summed E-state index contributed by atoms with van der Waals surface area (Å²) in [7, 11) is 0. The van der Waals surface area contributed by atoms with Crippen molar-refractivity contribution in [1.82, 2.24) is 0 Å². The Morgan fingerprint density at radius 1 is 1.15 bits per heavy atom. The molecule has 1 aromatic heterocycles. The van der Waals surface area contributed by atoms with Crippen molar-refractivity contribution >= 4 is 22.6 Å². The molecule has 3 heterocycles. The van der Waals surface area contributed by atoms with Crippen molar-refractivity contribution in [3.05, 3.63) is 38.7 Å². The van der Waals surface area contributed by atoms with E-state index in [0.717, 1.165) is 68.9 Å². The molecule has 0 radical (unpaired) electrons. The molecule has 7 heteroatoms. The minimum Gasteiger partial charge on any atom is -0.443 e. The number of benzene rings is 1. The van der Waals surface area contributed by atoms with Crippen LogP contribution >= 0.6 is 11.6 Å². The van der Waals surface area contributed by atoms with Crippen molar-refractivity contribution in [3.8, 4) is 5.75 Å². The second-order valence-corrected chi connectivity index (χ2v) is 7.47. The van der Waals surface area contributed by atoms with Gasteiger partial charge in [0.05, 0.1) is 23.8 Å². The Hall–Kier alpha value is -1.60. The van der Waals surface area contributed by atoms with Gasteiger partial charge in [0.2, 0.25) is 6.73 Å². The first-order chi connectivity index (χ1) is 12.7. The van der Waals surface area contributed by atoms with E-state index in [0.29, 0.717) is 23.1 Å². The first-order valence-corrected chi connectivity index (χ1v) is 9.69. The van der Waals surface area contributed by atoms with Gasteiger partial charge in [-0.2, -0.15) is 0 Å². The molecule has 1 saturated heterocycles. The van der Waals surface area contributed by atoms with Gasteiger partial charge in [0, 0.05) is 11.5 Å². The molecule has 4 rings (SSSR count). The fourth-order valence-corrected chi connectivity index (χ4v) is 4.16. The first kappa shape index (κ1) is 17.8. The molecule has 2 N–H and O–H groups in total. The van der Waals surface area contributed by atoms with Gasteiger partial charge in [-0.05, 0) is 18.1 Å². The van der Waals surface area contributed by atoms with E-state index in [9.17, 15) is 4.79 Å². The Kier molecular flexibility index (Phi) is 5.18. The highest BCUT2D eigenvalue weighted by Crippen LogP contribution is 2.36. The number of rotatable bonds is 4. The number of halogens is 1. The molecule has 2 aromatic rings. The van der Waals surface area contributed by atoms with E-state index in [4.69, 9.17) is 25.5 Å². The summed E-state index contributed by atoms with van der Waals surface area (Å²) >= 11 is 6.46. The summed E-state index contributed by atoms with van der Waals surface area (Å²) in [5.74, 6) is 0.665. The molecule has 0 saturated carbocycles. The SMILES string of the molecule is CCc1cc(=O)oc2c3c(c(Cl)cc12)OC[NH+](CC[NH+]1CCOCC1)C3. The van der Waals surface area contributed by atoms with E-state index in [1.165, 1.54) is 4.90 Å². The van der Waals surface area contributed by atoms with Gasteiger partial charge >= 0.3 is 5.63 Å². The van der Waals surface area contributed by atoms with Gasteiger partial charge in [-0.1, -0.05) is 18.5 Å². The van der Waals surface area contributed by atoms with Gasteiger partial charge in [0.15, 0.2) is 11.3 Å². The fourth-order valence-electron chi connectivity index (χ4n) is 3.88. The summed E-state index contributed by atoms with van der Waals surface area (Å²) in [5, 5.41) is 1.51. The molecular formula is C19H25ClN2O4+2. The van der Waals surface area contributed by atoms with Crippen LogP contribution in [-0.2, 0) is 17.7 Å². The maximum absolute atomic E-state index is 12.0. The molecule has 1 atom stereocenters. The summed E-state index contributed by atoms with van der Waals surface area (Å²) in [6, 6.07) is 3.42. The number of aryl methyl sites for hydroxylation is 1. The highest BCUT2D eigenvalue weighted by molar-refractivity contribution is 6.33. The molecular weight excluding hydrogens is 356 g/mol. The lowest BCUT2D eigenvalue weighted by Crippen LogP contribution is -3.21. The van der Waals surface area contributed by atoms with Crippen LogP contribution in [0.15, 0.2) is 21.3 Å². The smallest absolute Gasteiger partial charge is 0.336 e. The number of morpholine rings is 1. The van der Waals surface area contributed by atoms with Gasteiger partial charge in [-0.3, -0.25) is 4.90 Å². The summed E-state index contributed by atoms with van der Waals surface area (Å²) in [6.07, 6.45) is 0.759. The molecule has 2 aliphatic rings. The topological polar surface area (TPSA) is 57.5 Å². The molecule has 0 amide bonds. The number of nitrogens with one attached hydrogen (secondary N) is 2. The lowest BCUT2D eigenvalue weighted by molar-refractivity contribution is -0.977. The Morgan fingerprint density at radius 3 is 2.69 bits per heavy atom. The molecule has 0 aliphatic carbocycles. The van der Waals surface area contributed by atoms with Crippen molar-refractivity contribution in [2.24, 2.45) is 0 Å². The largest absolute Gasteiger partial charge is 0.443 e. The molecule has 0 bridgehead atoms. The Labute approximate surface area is 157 Å². The lowest BCUT2D eigenvalue weighted by Gasteiger charge is -2.29. The van der Waals surface area contributed by atoms with E-state index in [-0.39, 0.29) is 5.63 Å². The van der Waals surface area contributed by atoms with E-state index >= 15 is 0 Å². The molecule has 26 heavy (non-hydrogen) atoms. The summed E-state index contributed by atoms with van der Waals surface area (Å²) < 4.78 is 17.0. The lowest BCUT2D eigenvalue weighted by atomic mass is 10.0. The maximum atomic E-state index is 12.0. The van der Waals surface area contributed by atoms with Gasteiger partial charge in [-0.15, -0.1) is 0 Å². The van der Waals surface area contributed by atoms with Crippen LogP contribution in [0.5, 0.6) is 5.75 Å². The summed E-state index contributed by atoms with van der Waals surface area (Å²) in [5.41, 5.74) is 2.19. The Balaban J connectivity index is 1.61. The van der Waals surface area contributed by atoms with Gasteiger partial charge < -0.3 is 18.8 Å². The number of hydrogen-bond acceptors (Lipinski definition) is 4. The molecule has 1 unspecified atom stereocenters. The zero-order valence-corrected chi connectivity index (χ0v) is 15.8. The van der Waals surface area contributed by atoms with Crippen LogP contribution < -0.4 is 20.2 Å². The van der Waals surface area contributed by atoms with Crippen LogP contribution in [-0.4, -0.2) is 46.1 Å².